The first kappa shape index (κ1) is 12.1. The third-order valence-electron chi connectivity index (χ3n) is 3.59. The molecule has 17 heavy (non-hydrogen) atoms. The number of carboxylic acids is 1. The van der Waals surface area contributed by atoms with Crippen LogP contribution in [0, 0.1) is 5.92 Å². The number of rotatable bonds is 3. The van der Waals surface area contributed by atoms with E-state index in [1.165, 1.54) is 5.56 Å². The highest BCUT2D eigenvalue weighted by atomic mass is 16.4. The molecule has 3 nitrogen and oxygen atoms in total. The summed E-state index contributed by atoms with van der Waals surface area (Å²) in [5.41, 5.74) is 1.24. The highest BCUT2D eigenvalue weighted by Gasteiger charge is 2.31. The Hall–Kier alpha value is -1.35. The van der Waals surface area contributed by atoms with Gasteiger partial charge in [0, 0.05) is 12.5 Å². The summed E-state index contributed by atoms with van der Waals surface area (Å²) < 4.78 is 0. The van der Waals surface area contributed by atoms with Crippen molar-refractivity contribution in [3.63, 3.8) is 0 Å². The van der Waals surface area contributed by atoms with Gasteiger partial charge in [-0.25, -0.2) is 0 Å². The van der Waals surface area contributed by atoms with E-state index < -0.39 is 5.97 Å². The lowest BCUT2D eigenvalue weighted by Crippen LogP contribution is -2.37. The van der Waals surface area contributed by atoms with Crippen LogP contribution < -0.4 is 0 Å². The Morgan fingerprint density at radius 2 is 2.12 bits per heavy atom. The average molecular weight is 233 g/mol. The molecule has 1 heterocycles. The van der Waals surface area contributed by atoms with Gasteiger partial charge in [0.1, 0.15) is 0 Å². The van der Waals surface area contributed by atoms with E-state index in [1.54, 1.807) is 0 Å². The van der Waals surface area contributed by atoms with Gasteiger partial charge in [-0.15, -0.1) is 0 Å². The minimum absolute atomic E-state index is 0.230. The van der Waals surface area contributed by atoms with Crippen LogP contribution in [0.25, 0.3) is 0 Å². The number of aliphatic carboxylic acids is 1. The minimum atomic E-state index is -0.689. The predicted octanol–water partition coefficient (Wildman–Crippen LogP) is 2.54. The molecule has 3 heteroatoms. The molecule has 2 rings (SSSR count). The standard InChI is InChI=1S/C14H19NO2/c1-15-9-5-8-12(10-13(16)17)14(15)11-6-3-2-4-7-11/h2-4,6-7,12,14H,5,8-10H2,1H3,(H,16,17)/t12-,14-/m1/s1. The number of piperidine rings is 1. The third kappa shape index (κ3) is 2.86. The van der Waals surface area contributed by atoms with Gasteiger partial charge in [0.15, 0.2) is 0 Å². The Labute approximate surface area is 102 Å². The smallest absolute Gasteiger partial charge is 0.303 e. The van der Waals surface area contributed by atoms with Crippen LogP contribution in [0.4, 0.5) is 0 Å². The van der Waals surface area contributed by atoms with Crippen molar-refractivity contribution in [2.75, 3.05) is 13.6 Å². The Morgan fingerprint density at radius 3 is 2.76 bits per heavy atom. The van der Waals surface area contributed by atoms with Crippen molar-refractivity contribution in [3.05, 3.63) is 35.9 Å². The van der Waals surface area contributed by atoms with Crippen molar-refractivity contribution >= 4 is 5.97 Å². The third-order valence-corrected chi connectivity index (χ3v) is 3.59. The fourth-order valence-electron chi connectivity index (χ4n) is 2.87. The summed E-state index contributed by atoms with van der Waals surface area (Å²) >= 11 is 0. The van der Waals surface area contributed by atoms with Gasteiger partial charge in [-0.2, -0.15) is 0 Å². The summed E-state index contributed by atoms with van der Waals surface area (Å²) in [6.45, 7) is 1.05. The maximum atomic E-state index is 10.9. The van der Waals surface area contributed by atoms with Gasteiger partial charge < -0.3 is 5.11 Å². The predicted molar refractivity (Wildman–Crippen MR) is 66.8 cm³/mol. The lowest BCUT2D eigenvalue weighted by atomic mass is 9.83. The van der Waals surface area contributed by atoms with Crippen LogP contribution in [0.3, 0.4) is 0 Å². The molecule has 2 atom stereocenters. The van der Waals surface area contributed by atoms with Gasteiger partial charge in [-0.3, -0.25) is 9.69 Å². The molecule has 0 radical (unpaired) electrons. The molecule has 1 fully saturated rings. The zero-order valence-corrected chi connectivity index (χ0v) is 10.2. The molecular weight excluding hydrogens is 214 g/mol. The fraction of sp³-hybridized carbons (Fsp3) is 0.500. The van der Waals surface area contributed by atoms with Gasteiger partial charge in [0.25, 0.3) is 0 Å². The molecule has 1 aromatic carbocycles. The molecule has 0 aliphatic carbocycles. The van der Waals surface area contributed by atoms with E-state index >= 15 is 0 Å². The highest BCUT2D eigenvalue weighted by molar-refractivity contribution is 5.67. The minimum Gasteiger partial charge on any atom is -0.481 e. The molecule has 0 unspecified atom stereocenters. The van der Waals surface area contributed by atoms with Gasteiger partial charge in [-0.1, -0.05) is 30.3 Å². The molecule has 1 saturated heterocycles. The summed E-state index contributed by atoms with van der Waals surface area (Å²) in [6.07, 6.45) is 2.37. The summed E-state index contributed by atoms with van der Waals surface area (Å²) in [4.78, 5) is 13.2. The summed E-state index contributed by atoms with van der Waals surface area (Å²) in [5.74, 6) is -0.458. The van der Waals surface area contributed by atoms with Crippen LogP contribution in [0.5, 0.6) is 0 Å². The zero-order valence-electron chi connectivity index (χ0n) is 10.2. The van der Waals surface area contributed by atoms with Crippen LogP contribution in [0.2, 0.25) is 0 Å². The number of hydrogen-bond donors (Lipinski definition) is 1. The van der Waals surface area contributed by atoms with E-state index in [2.05, 4.69) is 24.1 Å². The van der Waals surface area contributed by atoms with Crippen LogP contribution in [0.1, 0.15) is 30.9 Å². The van der Waals surface area contributed by atoms with Crippen molar-refractivity contribution in [1.29, 1.82) is 0 Å². The average Bonchev–Trinajstić information content (AvgIpc) is 2.29. The topological polar surface area (TPSA) is 40.5 Å². The zero-order chi connectivity index (χ0) is 12.3. The van der Waals surface area contributed by atoms with E-state index in [9.17, 15) is 4.79 Å². The van der Waals surface area contributed by atoms with Crippen molar-refractivity contribution in [1.82, 2.24) is 4.90 Å². The SMILES string of the molecule is CN1CCC[C@H](CC(=O)O)[C@H]1c1ccccc1. The number of nitrogens with zero attached hydrogens (tertiary/aromatic N) is 1. The summed E-state index contributed by atoms with van der Waals surface area (Å²) in [7, 11) is 2.09. The van der Waals surface area contributed by atoms with Crippen LogP contribution in [0.15, 0.2) is 30.3 Å². The largest absolute Gasteiger partial charge is 0.481 e. The molecular formula is C14H19NO2. The number of benzene rings is 1. The second kappa shape index (κ2) is 5.32. The fourth-order valence-corrected chi connectivity index (χ4v) is 2.87. The molecule has 1 aliphatic heterocycles. The molecule has 0 aromatic heterocycles. The van der Waals surface area contributed by atoms with E-state index in [4.69, 9.17) is 5.11 Å². The Balaban J connectivity index is 2.22. The van der Waals surface area contributed by atoms with Crippen molar-refractivity contribution in [2.45, 2.75) is 25.3 Å². The van der Waals surface area contributed by atoms with Gasteiger partial charge in [0.05, 0.1) is 0 Å². The lowest BCUT2D eigenvalue weighted by Gasteiger charge is -2.39. The number of carbonyl (C=O) groups is 1. The van der Waals surface area contributed by atoms with Crippen LogP contribution in [-0.4, -0.2) is 29.6 Å². The summed E-state index contributed by atoms with van der Waals surface area (Å²) in [5, 5.41) is 9.00. The second-order valence-corrected chi connectivity index (χ2v) is 4.84. The molecule has 0 amide bonds. The van der Waals surface area contributed by atoms with Gasteiger partial charge in [-0.05, 0) is 37.9 Å². The molecule has 0 spiro atoms. The maximum Gasteiger partial charge on any atom is 0.303 e. The first-order valence-corrected chi connectivity index (χ1v) is 6.15. The van der Waals surface area contributed by atoms with E-state index in [-0.39, 0.29) is 18.4 Å². The quantitative estimate of drug-likeness (QED) is 0.872. The van der Waals surface area contributed by atoms with Crippen molar-refractivity contribution in [3.8, 4) is 0 Å². The normalized spacial score (nSPS) is 25.7. The highest BCUT2D eigenvalue weighted by Crippen LogP contribution is 2.36. The lowest BCUT2D eigenvalue weighted by molar-refractivity contribution is -0.139. The first-order valence-electron chi connectivity index (χ1n) is 6.15. The Kier molecular flexibility index (Phi) is 3.79. The Bertz CT molecular complexity index is 377. The molecule has 0 bridgehead atoms. The molecule has 1 aliphatic rings. The van der Waals surface area contributed by atoms with Gasteiger partial charge in [0.2, 0.25) is 0 Å². The first-order chi connectivity index (χ1) is 8.18. The monoisotopic (exact) mass is 233 g/mol. The number of likely N-dealkylation sites (tertiary alicyclic amines) is 1. The van der Waals surface area contributed by atoms with Crippen molar-refractivity contribution < 1.29 is 9.90 Å². The van der Waals surface area contributed by atoms with Crippen LogP contribution in [-0.2, 0) is 4.79 Å². The van der Waals surface area contributed by atoms with Crippen molar-refractivity contribution in [2.24, 2.45) is 5.92 Å². The maximum absolute atomic E-state index is 10.9. The molecule has 92 valence electrons. The molecule has 1 aromatic rings. The Morgan fingerprint density at radius 1 is 1.41 bits per heavy atom. The summed E-state index contributed by atoms with van der Waals surface area (Å²) in [6, 6.07) is 10.5. The van der Waals surface area contributed by atoms with Gasteiger partial charge >= 0.3 is 5.97 Å². The number of carboxylic acid groups (broad SMARTS) is 1. The number of hydrogen-bond acceptors (Lipinski definition) is 2. The second-order valence-electron chi connectivity index (χ2n) is 4.84. The molecule has 1 N–H and O–H groups in total. The van der Waals surface area contributed by atoms with E-state index in [0.717, 1.165) is 19.4 Å². The van der Waals surface area contributed by atoms with E-state index in [0.29, 0.717) is 0 Å². The molecule has 0 saturated carbocycles. The van der Waals surface area contributed by atoms with Crippen LogP contribution >= 0.6 is 0 Å². The van der Waals surface area contributed by atoms with E-state index in [1.807, 2.05) is 18.2 Å².